The van der Waals surface area contributed by atoms with E-state index in [9.17, 15) is 14.4 Å². The van der Waals surface area contributed by atoms with Crippen molar-refractivity contribution < 1.29 is 9.59 Å². The lowest BCUT2D eigenvalue weighted by molar-refractivity contribution is -0.124. The highest BCUT2D eigenvalue weighted by atomic mass is 79.9. The molecular weight excluding hydrogens is 484 g/mol. The molecule has 4 rings (SSSR count). The molecule has 8 heteroatoms. The van der Waals surface area contributed by atoms with Gasteiger partial charge in [-0.25, -0.2) is 4.79 Å². The zero-order valence-corrected chi connectivity index (χ0v) is 21.2. The van der Waals surface area contributed by atoms with Gasteiger partial charge in [-0.1, -0.05) is 22.9 Å². The van der Waals surface area contributed by atoms with Crippen LogP contribution in [0.25, 0.3) is 10.9 Å². The molecule has 7 nitrogen and oxygen atoms in total. The van der Waals surface area contributed by atoms with Gasteiger partial charge in [0.15, 0.2) is 0 Å². The van der Waals surface area contributed by atoms with Crippen LogP contribution < -0.4 is 16.2 Å². The largest absolute Gasteiger partial charge is 0.335 e. The van der Waals surface area contributed by atoms with Crippen LogP contribution in [0.5, 0.6) is 0 Å². The van der Waals surface area contributed by atoms with E-state index in [4.69, 9.17) is 0 Å². The summed E-state index contributed by atoms with van der Waals surface area (Å²) in [5.74, 6) is 0.0921. The molecule has 3 amide bonds. The number of aromatic nitrogens is 2. The number of nitrogens with one attached hydrogen (secondary N) is 2. The van der Waals surface area contributed by atoms with Crippen molar-refractivity contribution >= 4 is 38.8 Å². The minimum Gasteiger partial charge on any atom is -0.335 e. The molecular formula is C25H33BrN4O3. The molecule has 3 atom stereocenters. The molecule has 0 radical (unpaired) electrons. The number of pyridine rings is 2. The number of urea groups is 1. The van der Waals surface area contributed by atoms with E-state index in [1.807, 2.05) is 25.3 Å². The zero-order valence-electron chi connectivity index (χ0n) is 19.6. The average molecular weight is 517 g/mol. The number of hydrogen-bond acceptors (Lipinski definition) is 4. The van der Waals surface area contributed by atoms with Crippen molar-refractivity contribution in [2.24, 2.45) is 18.9 Å². The minimum absolute atomic E-state index is 0.00706. The van der Waals surface area contributed by atoms with Crippen LogP contribution in [0.2, 0.25) is 0 Å². The number of aryl methyl sites for hydroxylation is 2. The second-order valence-corrected chi connectivity index (χ2v) is 11.1. The number of amides is 3. The van der Waals surface area contributed by atoms with E-state index in [0.717, 1.165) is 60.7 Å². The molecule has 0 aliphatic heterocycles. The number of imide groups is 1. The van der Waals surface area contributed by atoms with E-state index in [2.05, 4.69) is 38.5 Å². The number of fused-ring (bicyclic) bond motifs is 1. The van der Waals surface area contributed by atoms with Crippen LogP contribution in [0, 0.1) is 18.8 Å². The third-order valence-corrected chi connectivity index (χ3v) is 8.38. The summed E-state index contributed by atoms with van der Waals surface area (Å²) >= 11 is 3.60. The third kappa shape index (κ3) is 5.31. The van der Waals surface area contributed by atoms with Gasteiger partial charge in [-0.15, -0.1) is 0 Å². The third-order valence-electron chi connectivity index (χ3n) is 7.47. The Morgan fingerprint density at radius 3 is 2.58 bits per heavy atom. The molecule has 178 valence electrons. The normalized spacial score (nSPS) is 27.8. The Morgan fingerprint density at radius 1 is 1.12 bits per heavy atom. The van der Waals surface area contributed by atoms with Crippen LogP contribution in [-0.2, 0) is 11.8 Å². The number of nitrogens with zero attached hydrogens (tertiary/aromatic N) is 2. The van der Waals surface area contributed by atoms with E-state index in [1.54, 1.807) is 11.6 Å². The summed E-state index contributed by atoms with van der Waals surface area (Å²) in [6, 6.07) is 3.40. The number of alkyl halides is 1. The Kier molecular flexibility index (Phi) is 7.22. The highest BCUT2D eigenvalue weighted by Crippen LogP contribution is 2.37. The number of carbonyl (C=O) groups excluding carboxylic acids is 2. The van der Waals surface area contributed by atoms with Gasteiger partial charge in [0, 0.05) is 46.7 Å². The summed E-state index contributed by atoms with van der Waals surface area (Å²) in [6.07, 6.45) is 7.76. The van der Waals surface area contributed by atoms with Crippen molar-refractivity contribution in [3.63, 3.8) is 0 Å². The molecule has 2 aromatic heterocycles. The highest BCUT2D eigenvalue weighted by molar-refractivity contribution is 9.09. The molecule has 33 heavy (non-hydrogen) atoms. The average Bonchev–Trinajstić information content (AvgIpc) is 2.78. The Labute approximate surface area is 202 Å². The summed E-state index contributed by atoms with van der Waals surface area (Å²) in [5, 5.41) is 6.49. The topological polar surface area (TPSA) is 93.1 Å². The van der Waals surface area contributed by atoms with Crippen molar-refractivity contribution in [2.45, 2.75) is 75.6 Å². The van der Waals surface area contributed by atoms with Gasteiger partial charge in [0.1, 0.15) is 0 Å². The van der Waals surface area contributed by atoms with Crippen molar-refractivity contribution in [2.75, 3.05) is 0 Å². The zero-order chi connectivity index (χ0) is 23.7. The van der Waals surface area contributed by atoms with E-state index < -0.39 is 6.03 Å². The molecule has 0 aromatic carbocycles. The van der Waals surface area contributed by atoms with Crippen molar-refractivity contribution in [3.8, 4) is 0 Å². The number of hydrogen-bond donors (Lipinski definition) is 2. The van der Waals surface area contributed by atoms with Gasteiger partial charge in [-0.3, -0.25) is 19.9 Å². The molecule has 2 heterocycles. The van der Waals surface area contributed by atoms with Crippen molar-refractivity contribution in [1.82, 2.24) is 20.2 Å². The number of halogens is 1. The van der Waals surface area contributed by atoms with Crippen LogP contribution in [0.15, 0.2) is 23.1 Å². The van der Waals surface area contributed by atoms with Gasteiger partial charge in [0.2, 0.25) is 5.91 Å². The van der Waals surface area contributed by atoms with Gasteiger partial charge < -0.3 is 9.88 Å². The molecule has 0 bridgehead atoms. The predicted octanol–water partition coefficient (Wildman–Crippen LogP) is 4.29. The van der Waals surface area contributed by atoms with Gasteiger partial charge in [-0.2, -0.15) is 0 Å². The predicted molar refractivity (Wildman–Crippen MR) is 133 cm³/mol. The Balaban J connectivity index is 1.45. The van der Waals surface area contributed by atoms with E-state index in [0.29, 0.717) is 17.2 Å². The molecule has 2 fully saturated rings. The molecule has 2 aliphatic rings. The second-order valence-electron chi connectivity index (χ2n) is 9.85. The first-order valence-corrected chi connectivity index (χ1v) is 12.9. The van der Waals surface area contributed by atoms with Gasteiger partial charge >= 0.3 is 6.03 Å². The Hall–Kier alpha value is -2.22. The molecule has 2 saturated carbocycles. The number of carbonyl (C=O) groups is 2. The Morgan fingerprint density at radius 2 is 1.85 bits per heavy atom. The van der Waals surface area contributed by atoms with Crippen LogP contribution >= 0.6 is 15.9 Å². The molecule has 3 unspecified atom stereocenters. The van der Waals surface area contributed by atoms with E-state index >= 15 is 0 Å². The lowest BCUT2D eigenvalue weighted by atomic mass is 9.74. The minimum atomic E-state index is -0.426. The maximum atomic E-state index is 13.2. The molecule has 0 spiro atoms. The molecule has 2 N–H and O–H groups in total. The van der Waals surface area contributed by atoms with E-state index in [1.165, 1.54) is 0 Å². The maximum absolute atomic E-state index is 13.2. The monoisotopic (exact) mass is 516 g/mol. The van der Waals surface area contributed by atoms with Gasteiger partial charge in [0.25, 0.3) is 5.56 Å². The molecule has 2 aromatic rings. The molecule has 2 aliphatic carbocycles. The standard InChI is InChI=1S/C25H33BrN4O3/c1-14-4-9-19(28-25(33)29-23(31)16-5-7-18(26)8-6-16)12-20(14)21-11-17-13-27-15(2)10-22(17)30(3)24(21)32/h10-11,13-14,16,18-20H,4-9,12H2,1-3H3,(H2,28,29,31,33). The summed E-state index contributed by atoms with van der Waals surface area (Å²) in [6.45, 7) is 4.08. The fourth-order valence-corrected chi connectivity index (χ4v) is 5.92. The Bertz CT molecular complexity index is 1110. The van der Waals surface area contributed by atoms with Gasteiger partial charge in [-0.05, 0) is 75.8 Å². The van der Waals surface area contributed by atoms with Crippen LogP contribution in [0.4, 0.5) is 4.79 Å². The quantitative estimate of drug-likeness (QED) is 0.594. The maximum Gasteiger partial charge on any atom is 0.321 e. The first-order chi connectivity index (χ1) is 15.7. The van der Waals surface area contributed by atoms with Crippen LogP contribution in [0.3, 0.4) is 0 Å². The van der Waals surface area contributed by atoms with Crippen molar-refractivity contribution in [1.29, 1.82) is 0 Å². The summed E-state index contributed by atoms with van der Waals surface area (Å²) in [5.41, 5.74) is 2.54. The first-order valence-electron chi connectivity index (χ1n) is 11.9. The SMILES string of the molecule is Cc1cc2c(cn1)cc(C1CC(NC(=O)NC(=O)C3CCC(Br)CC3)CCC1C)c(=O)n2C. The molecule has 0 saturated heterocycles. The van der Waals surface area contributed by atoms with Crippen LogP contribution in [0.1, 0.15) is 69.0 Å². The lowest BCUT2D eigenvalue weighted by Gasteiger charge is -2.35. The number of rotatable bonds is 3. The second kappa shape index (κ2) is 9.95. The van der Waals surface area contributed by atoms with E-state index in [-0.39, 0.29) is 29.3 Å². The van der Waals surface area contributed by atoms with Gasteiger partial charge in [0.05, 0.1) is 5.52 Å². The lowest BCUT2D eigenvalue weighted by Crippen LogP contribution is -2.48. The fourth-order valence-electron chi connectivity index (χ4n) is 5.39. The summed E-state index contributed by atoms with van der Waals surface area (Å²) in [7, 11) is 1.80. The summed E-state index contributed by atoms with van der Waals surface area (Å²) < 4.78 is 1.70. The van der Waals surface area contributed by atoms with Crippen molar-refractivity contribution in [3.05, 3.63) is 39.9 Å². The first kappa shape index (κ1) is 23.9. The fraction of sp³-hybridized carbons (Fsp3) is 0.600. The smallest absolute Gasteiger partial charge is 0.321 e. The highest BCUT2D eigenvalue weighted by Gasteiger charge is 2.33. The van der Waals surface area contributed by atoms with Crippen LogP contribution in [-0.4, -0.2) is 32.4 Å². The summed E-state index contributed by atoms with van der Waals surface area (Å²) in [4.78, 5) is 43.1.